The van der Waals surface area contributed by atoms with Crippen LogP contribution >= 0.6 is 0 Å². The number of carbonyl (C=O) groups is 1. The summed E-state index contributed by atoms with van der Waals surface area (Å²) in [7, 11) is 0. The van der Waals surface area contributed by atoms with Gasteiger partial charge in [-0.3, -0.25) is 20.2 Å². The van der Waals surface area contributed by atoms with Crippen molar-refractivity contribution in [2.24, 2.45) is 0 Å². The molecule has 0 aliphatic rings. The Kier molecular flexibility index (Phi) is 5.98. The van der Waals surface area contributed by atoms with Crippen LogP contribution in [0.5, 0.6) is 5.75 Å². The molecule has 8 heteroatoms. The van der Waals surface area contributed by atoms with Crippen molar-refractivity contribution >= 4 is 17.5 Å². The van der Waals surface area contributed by atoms with Gasteiger partial charge >= 0.3 is 0 Å². The quantitative estimate of drug-likeness (QED) is 0.212. The number of nitrogens with one attached hydrogen (secondary N) is 1. The lowest BCUT2D eigenvalue weighted by Gasteiger charge is -2.06. The molecule has 5 aromatic rings. The topological polar surface area (TPSA) is 118 Å². The second-order valence-corrected chi connectivity index (χ2v) is 7.92. The van der Waals surface area contributed by atoms with Crippen LogP contribution < -0.4 is 5.32 Å². The fraction of sp³-hybridized carbons (Fsp3) is 0. The molecule has 1 amide bonds. The highest BCUT2D eigenvalue weighted by Crippen LogP contribution is 2.38. The molecule has 36 heavy (non-hydrogen) atoms. The summed E-state index contributed by atoms with van der Waals surface area (Å²) in [5.74, 6) is -0.228. The van der Waals surface area contributed by atoms with Crippen molar-refractivity contribution in [3.63, 3.8) is 0 Å². The van der Waals surface area contributed by atoms with Gasteiger partial charge in [-0.25, -0.2) is 4.98 Å². The van der Waals surface area contributed by atoms with E-state index in [1.165, 1.54) is 18.2 Å². The van der Waals surface area contributed by atoms with Crippen LogP contribution in [0.1, 0.15) is 10.4 Å². The van der Waals surface area contributed by atoms with E-state index in [-0.39, 0.29) is 29.1 Å². The van der Waals surface area contributed by atoms with E-state index >= 15 is 0 Å². The van der Waals surface area contributed by atoms with Gasteiger partial charge in [0.05, 0.1) is 10.5 Å². The van der Waals surface area contributed by atoms with E-state index in [1.807, 2.05) is 36.4 Å². The fourth-order valence-electron chi connectivity index (χ4n) is 3.77. The normalized spacial score (nSPS) is 10.7. The van der Waals surface area contributed by atoms with Gasteiger partial charge in [0.25, 0.3) is 11.6 Å². The smallest absolute Gasteiger partial charge is 0.270 e. The van der Waals surface area contributed by atoms with Gasteiger partial charge in [0.2, 0.25) is 11.8 Å². The maximum Gasteiger partial charge on any atom is 0.270 e. The number of carbonyl (C=O) groups excluding carboxylic acids is 1. The first-order valence-corrected chi connectivity index (χ1v) is 11.0. The Bertz CT molecular complexity index is 1560. The minimum Gasteiger partial charge on any atom is -0.507 e. The van der Waals surface area contributed by atoms with Crippen molar-refractivity contribution in [1.29, 1.82) is 0 Å². The minimum atomic E-state index is -0.471. The third-order valence-corrected chi connectivity index (χ3v) is 5.56. The van der Waals surface area contributed by atoms with Crippen molar-refractivity contribution in [1.82, 2.24) is 4.98 Å². The zero-order chi connectivity index (χ0) is 25.1. The van der Waals surface area contributed by atoms with Gasteiger partial charge in [0, 0.05) is 23.3 Å². The summed E-state index contributed by atoms with van der Waals surface area (Å²) in [5.41, 5.74) is 3.03. The molecule has 176 valence electrons. The summed E-state index contributed by atoms with van der Waals surface area (Å²) in [6.45, 7) is 0. The summed E-state index contributed by atoms with van der Waals surface area (Å²) < 4.78 is 5.93. The second kappa shape index (κ2) is 9.55. The number of phenolic OH excluding ortho intramolecular Hbond substituents is 1. The Morgan fingerprint density at radius 2 is 1.50 bits per heavy atom. The lowest BCUT2D eigenvalue weighted by Crippen LogP contribution is -2.11. The van der Waals surface area contributed by atoms with Crippen LogP contribution in [0.2, 0.25) is 0 Å². The molecule has 5 rings (SSSR count). The molecule has 0 saturated heterocycles. The SMILES string of the molecule is O=C(Nc1oc(-c2ccc(-c3cccc([N+](=O)[O-])c3)cc2O)nc1-c1ccccc1)c1ccccc1. The third-order valence-electron chi connectivity index (χ3n) is 5.56. The van der Waals surface area contributed by atoms with E-state index in [1.54, 1.807) is 48.5 Å². The fourth-order valence-corrected chi connectivity index (χ4v) is 3.77. The minimum absolute atomic E-state index is 0.0462. The largest absolute Gasteiger partial charge is 0.507 e. The van der Waals surface area contributed by atoms with Crippen LogP contribution in [0, 0.1) is 10.1 Å². The summed E-state index contributed by atoms with van der Waals surface area (Å²) in [6, 6.07) is 28.9. The van der Waals surface area contributed by atoms with Gasteiger partial charge < -0.3 is 9.52 Å². The highest BCUT2D eigenvalue weighted by Gasteiger charge is 2.21. The number of hydrogen-bond acceptors (Lipinski definition) is 6. The summed E-state index contributed by atoms with van der Waals surface area (Å²) in [4.78, 5) is 28.0. The van der Waals surface area contributed by atoms with Crippen LogP contribution in [0.25, 0.3) is 33.8 Å². The molecule has 0 bridgehead atoms. The predicted molar refractivity (Wildman–Crippen MR) is 136 cm³/mol. The van der Waals surface area contributed by atoms with E-state index in [0.29, 0.717) is 27.9 Å². The molecule has 0 unspecified atom stereocenters. The molecule has 0 aliphatic carbocycles. The van der Waals surface area contributed by atoms with Crippen LogP contribution in [-0.4, -0.2) is 20.9 Å². The van der Waals surface area contributed by atoms with E-state index in [2.05, 4.69) is 10.3 Å². The molecular weight excluding hydrogens is 458 g/mol. The molecule has 0 saturated carbocycles. The van der Waals surface area contributed by atoms with Crippen molar-refractivity contribution in [3.8, 4) is 39.6 Å². The Morgan fingerprint density at radius 1 is 0.833 bits per heavy atom. The lowest BCUT2D eigenvalue weighted by atomic mass is 10.0. The number of amides is 1. The monoisotopic (exact) mass is 477 g/mol. The average molecular weight is 477 g/mol. The van der Waals surface area contributed by atoms with Crippen molar-refractivity contribution in [2.75, 3.05) is 5.32 Å². The molecule has 0 radical (unpaired) electrons. The van der Waals surface area contributed by atoms with Gasteiger partial charge in [-0.05, 0) is 35.4 Å². The first-order valence-electron chi connectivity index (χ1n) is 11.0. The van der Waals surface area contributed by atoms with Crippen LogP contribution in [0.3, 0.4) is 0 Å². The number of aromatic nitrogens is 1. The second-order valence-electron chi connectivity index (χ2n) is 7.92. The molecule has 0 aliphatic heterocycles. The molecular formula is C28H19N3O5. The summed E-state index contributed by atoms with van der Waals surface area (Å²) >= 11 is 0. The summed E-state index contributed by atoms with van der Waals surface area (Å²) in [6.07, 6.45) is 0. The van der Waals surface area contributed by atoms with Crippen molar-refractivity contribution in [3.05, 3.63) is 119 Å². The number of benzene rings is 4. The molecule has 1 aromatic heterocycles. The van der Waals surface area contributed by atoms with Gasteiger partial charge in [-0.2, -0.15) is 0 Å². The Morgan fingerprint density at radius 3 is 2.19 bits per heavy atom. The van der Waals surface area contributed by atoms with E-state index in [4.69, 9.17) is 4.42 Å². The highest BCUT2D eigenvalue weighted by molar-refractivity contribution is 6.05. The van der Waals surface area contributed by atoms with Crippen LogP contribution in [0.4, 0.5) is 11.6 Å². The zero-order valence-corrected chi connectivity index (χ0v) is 18.8. The van der Waals surface area contributed by atoms with E-state index in [0.717, 1.165) is 5.56 Å². The standard InChI is InChI=1S/C28H19N3O5/c32-24-17-21(20-12-7-13-22(16-20)31(34)35)14-15-23(24)27-29-25(18-8-3-1-4-9-18)28(36-27)30-26(33)19-10-5-2-6-11-19/h1-17,32H,(H,30,33). The number of anilines is 1. The number of hydrogen-bond donors (Lipinski definition) is 2. The number of nitrogens with zero attached hydrogens (tertiary/aromatic N) is 2. The maximum absolute atomic E-state index is 12.8. The third kappa shape index (κ3) is 4.55. The van der Waals surface area contributed by atoms with Crippen LogP contribution in [0.15, 0.2) is 108 Å². The number of phenols is 1. The highest BCUT2D eigenvalue weighted by atomic mass is 16.6. The molecule has 0 spiro atoms. The van der Waals surface area contributed by atoms with Crippen molar-refractivity contribution < 1.29 is 19.2 Å². The van der Waals surface area contributed by atoms with Crippen molar-refractivity contribution in [2.45, 2.75) is 0 Å². The molecule has 1 heterocycles. The molecule has 2 N–H and O–H groups in total. The Labute approximate surface area is 205 Å². The Balaban J connectivity index is 1.53. The number of aromatic hydroxyl groups is 1. The van der Waals surface area contributed by atoms with Gasteiger partial charge in [-0.15, -0.1) is 0 Å². The van der Waals surface area contributed by atoms with Gasteiger partial charge in [-0.1, -0.05) is 66.7 Å². The average Bonchev–Trinajstić information content (AvgIpc) is 3.33. The summed E-state index contributed by atoms with van der Waals surface area (Å²) in [5, 5.41) is 24.7. The number of rotatable bonds is 6. The van der Waals surface area contributed by atoms with Gasteiger partial charge in [0.1, 0.15) is 11.4 Å². The first kappa shape index (κ1) is 22.5. The first-order chi connectivity index (χ1) is 17.5. The van der Waals surface area contributed by atoms with E-state index in [9.17, 15) is 20.0 Å². The molecule has 8 nitrogen and oxygen atoms in total. The maximum atomic E-state index is 12.8. The lowest BCUT2D eigenvalue weighted by molar-refractivity contribution is -0.384. The molecule has 0 atom stereocenters. The molecule has 0 fully saturated rings. The van der Waals surface area contributed by atoms with Gasteiger partial charge in [0.15, 0.2) is 0 Å². The Hall–Kier alpha value is -5.24. The molecule has 4 aromatic carbocycles. The number of nitro benzene ring substituents is 1. The van der Waals surface area contributed by atoms with E-state index < -0.39 is 4.92 Å². The number of non-ortho nitro benzene ring substituents is 1. The number of oxazole rings is 1. The number of nitro groups is 1. The van der Waals surface area contributed by atoms with Crippen LogP contribution in [-0.2, 0) is 0 Å². The zero-order valence-electron chi connectivity index (χ0n) is 18.8. The predicted octanol–water partition coefficient (Wildman–Crippen LogP) is 6.54.